The molecule has 0 radical (unpaired) electrons. The van der Waals surface area contributed by atoms with Crippen molar-refractivity contribution in [3.8, 4) is 0 Å². The zero-order chi connectivity index (χ0) is 19.0. The molecule has 1 saturated heterocycles. The van der Waals surface area contributed by atoms with Crippen LogP contribution >= 0.6 is 0 Å². The molecule has 0 amide bonds. The van der Waals surface area contributed by atoms with Gasteiger partial charge in [0, 0.05) is 38.9 Å². The summed E-state index contributed by atoms with van der Waals surface area (Å²) in [5.41, 5.74) is 0.167. The summed E-state index contributed by atoms with van der Waals surface area (Å²) in [6, 6.07) is 4.51. The summed E-state index contributed by atoms with van der Waals surface area (Å²) in [5, 5.41) is 6.06. The maximum absolute atomic E-state index is 13.5. The number of guanidine groups is 1. The molecule has 26 heavy (non-hydrogen) atoms. The molecule has 1 aliphatic heterocycles. The van der Waals surface area contributed by atoms with Crippen LogP contribution in [0.15, 0.2) is 23.2 Å². The minimum absolute atomic E-state index is 0.0596. The summed E-state index contributed by atoms with van der Waals surface area (Å²) >= 11 is 0. The number of rotatable bonds is 6. The lowest BCUT2D eigenvalue weighted by Crippen LogP contribution is -2.38. The lowest BCUT2D eigenvalue weighted by Gasteiger charge is -2.29. The average Bonchev–Trinajstić information content (AvgIpc) is 2.64. The number of nitrogens with zero attached hydrogens (tertiary/aromatic N) is 2. The Bertz CT molecular complexity index is 599. The first kappa shape index (κ1) is 20.4. The summed E-state index contributed by atoms with van der Waals surface area (Å²) in [5.74, 6) is 0.504. The Morgan fingerprint density at radius 2 is 1.96 bits per heavy atom. The zero-order valence-corrected chi connectivity index (χ0v) is 15.3. The number of nitrogens with one attached hydrogen (secondary N) is 2. The molecular formula is C18H27F3N4O. The molecule has 1 aliphatic rings. The fraction of sp³-hybridized carbons (Fsp3) is 0.611. The molecule has 2 rings (SSSR count). The predicted molar refractivity (Wildman–Crippen MR) is 97.6 cm³/mol. The Balaban J connectivity index is 2.11. The third kappa shape index (κ3) is 5.79. The van der Waals surface area contributed by atoms with Crippen LogP contribution in [0.1, 0.15) is 30.9 Å². The molecule has 0 spiro atoms. The number of anilines is 1. The van der Waals surface area contributed by atoms with Gasteiger partial charge in [-0.15, -0.1) is 0 Å². The number of morpholine rings is 1. The van der Waals surface area contributed by atoms with Crippen molar-refractivity contribution in [3.05, 3.63) is 29.3 Å². The van der Waals surface area contributed by atoms with E-state index in [0.29, 0.717) is 38.0 Å². The Kier molecular flexibility index (Phi) is 7.56. The largest absolute Gasteiger partial charge is 0.416 e. The Morgan fingerprint density at radius 3 is 2.58 bits per heavy atom. The fourth-order valence-corrected chi connectivity index (χ4v) is 2.78. The standard InChI is InChI=1S/C18H27F3N4O/c1-3-4-7-23-17(22-2)24-13-14-5-6-15(12-16(14)18(19,20)21)25-8-10-26-11-9-25/h5-6,12H,3-4,7-11,13H2,1-2H3,(H2,22,23,24). The lowest BCUT2D eigenvalue weighted by molar-refractivity contribution is -0.138. The highest BCUT2D eigenvalue weighted by atomic mass is 19.4. The van der Waals surface area contributed by atoms with E-state index in [1.807, 2.05) is 4.90 Å². The number of alkyl halides is 3. The van der Waals surface area contributed by atoms with Gasteiger partial charge in [-0.1, -0.05) is 19.4 Å². The maximum atomic E-state index is 13.5. The van der Waals surface area contributed by atoms with Gasteiger partial charge in [0.1, 0.15) is 0 Å². The van der Waals surface area contributed by atoms with E-state index in [0.717, 1.165) is 19.4 Å². The number of hydrogen-bond acceptors (Lipinski definition) is 3. The lowest BCUT2D eigenvalue weighted by atomic mass is 10.0. The minimum atomic E-state index is -4.40. The first-order chi connectivity index (χ1) is 12.5. The van der Waals surface area contributed by atoms with Crippen LogP contribution in [0.25, 0.3) is 0 Å². The van der Waals surface area contributed by atoms with E-state index in [-0.39, 0.29) is 12.1 Å². The van der Waals surface area contributed by atoms with Gasteiger partial charge >= 0.3 is 6.18 Å². The third-order valence-corrected chi connectivity index (χ3v) is 4.27. The number of aliphatic imine (C=N–C) groups is 1. The van der Waals surface area contributed by atoms with E-state index in [1.165, 1.54) is 6.07 Å². The molecule has 0 saturated carbocycles. The van der Waals surface area contributed by atoms with Crippen molar-refractivity contribution < 1.29 is 17.9 Å². The molecule has 0 aromatic heterocycles. The summed E-state index contributed by atoms with van der Waals surface area (Å²) in [4.78, 5) is 5.97. The summed E-state index contributed by atoms with van der Waals surface area (Å²) in [7, 11) is 1.60. The molecule has 0 unspecified atom stereocenters. The highest BCUT2D eigenvalue weighted by Gasteiger charge is 2.34. The molecular weight excluding hydrogens is 345 g/mol. The van der Waals surface area contributed by atoms with Crippen LogP contribution in [0.4, 0.5) is 18.9 Å². The molecule has 8 heteroatoms. The third-order valence-electron chi connectivity index (χ3n) is 4.27. The van der Waals surface area contributed by atoms with Crippen LogP contribution in [0.2, 0.25) is 0 Å². The highest BCUT2D eigenvalue weighted by Crippen LogP contribution is 2.34. The van der Waals surface area contributed by atoms with Gasteiger partial charge in [-0.3, -0.25) is 4.99 Å². The topological polar surface area (TPSA) is 48.9 Å². The number of halogens is 3. The van der Waals surface area contributed by atoms with Gasteiger partial charge < -0.3 is 20.3 Å². The molecule has 0 bridgehead atoms. The second-order valence-electron chi connectivity index (χ2n) is 6.14. The molecule has 1 aromatic carbocycles. The van der Waals surface area contributed by atoms with E-state index in [2.05, 4.69) is 22.5 Å². The molecule has 1 fully saturated rings. The molecule has 146 valence electrons. The normalized spacial score (nSPS) is 15.9. The van der Waals surface area contributed by atoms with Gasteiger partial charge in [-0.25, -0.2) is 0 Å². The molecule has 0 aliphatic carbocycles. The van der Waals surface area contributed by atoms with Crippen LogP contribution < -0.4 is 15.5 Å². The quantitative estimate of drug-likeness (QED) is 0.458. The number of hydrogen-bond donors (Lipinski definition) is 2. The van der Waals surface area contributed by atoms with Crippen molar-refractivity contribution in [1.29, 1.82) is 0 Å². The van der Waals surface area contributed by atoms with Crippen molar-refractivity contribution in [3.63, 3.8) is 0 Å². The number of benzene rings is 1. The van der Waals surface area contributed by atoms with E-state index >= 15 is 0 Å². The summed E-state index contributed by atoms with van der Waals surface area (Å²) in [6.07, 6.45) is -2.40. The Labute approximate surface area is 152 Å². The summed E-state index contributed by atoms with van der Waals surface area (Å²) < 4.78 is 45.9. The second-order valence-corrected chi connectivity index (χ2v) is 6.14. The van der Waals surface area contributed by atoms with Gasteiger partial charge in [-0.05, 0) is 24.1 Å². The zero-order valence-electron chi connectivity index (χ0n) is 15.3. The van der Waals surface area contributed by atoms with Gasteiger partial charge in [-0.2, -0.15) is 13.2 Å². The average molecular weight is 372 g/mol. The maximum Gasteiger partial charge on any atom is 0.416 e. The van der Waals surface area contributed by atoms with Crippen molar-refractivity contribution >= 4 is 11.6 Å². The van der Waals surface area contributed by atoms with Crippen molar-refractivity contribution in [2.24, 2.45) is 4.99 Å². The van der Waals surface area contributed by atoms with Crippen LogP contribution in [-0.4, -0.2) is 45.9 Å². The number of unbranched alkanes of at least 4 members (excludes halogenated alkanes) is 1. The number of ether oxygens (including phenoxy) is 1. The Hall–Kier alpha value is -1.96. The first-order valence-corrected chi connectivity index (χ1v) is 8.93. The monoisotopic (exact) mass is 372 g/mol. The van der Waals surface area contributed by atoms with Gasteiger partial charge in [0.2, 0.25) is 0 Å². The van der Waals surface area contributed by atoms with Crippen molar-refractivity contribution in [1.82, 2.24) is 10.6 Å². The molecule has 2 N–H and O–H groups in total. The van der Waals surface area contributed by atoms with Crippen LogP contribution in [-0.2, 0) is 17.5 Å². The Morgan fingerprint density at radius 1 is 1.23 bits per heavy atom. The molecule has 5 nitrogen and oxygen atoms in total. The van der Waals surface area contributed by atoms with E-state index < -0.39 is 11.7 Å². The SMILES string of the molecule is CCCCNC(=NC)NCc1ccc(N2CCOCC2)cc1C(F)(F)F. The molecule has 1 aromatic rings. The van der Waals surface area contributed by atoms with E-state index in [1.54, 1.807) is 19.2 Å². The second kappa shape index (κ2) is 9.66. The molecule has 1 heterocycles. The van der Waals surface area contributed by atoms with Gasteiger partial charge in [0.15, 0.2) is 5.96 Å². The summed E-state index contributed by atoms with van der Waals surface area (Å²) in [6.45, 7) is 5.13. The van der Waals surface area contributed by atoms with Crippen LogP contribution in [0.5, 0.6) is 0 Å². The first-order valence-electron chi connectivity index (χ1n) is 8.93. The smallest absolute Gasteiger partial charge is 0.378 e. The highest BCUT2D eigenvalue weighted by molar-refractivity contribution is 5.79. The van der Waals surface area contributed by atoms with Crippen molar-refractivity contribution in [2.75, 3.05) is 44.8 Å². The predicted octanol–water partition coefficient (Wildman–Crippen LogP) is 3.01. The van der Waals surface area contributed by atoms with Crippen molar-refractivity contribution in [2.45, 2.75) is 32.5 Å². The minimum Gasteiger partial charge on any atom is -0.378 e. The van der Waals surface area contributed by atoms with Gasteiger partial charge in [0.05, 0.1) is 18.8 Å². The van der Waals surface area contributed by atoms with Crippen LogP contribution in [0.3, 0.4) is 0 Å². The fourth-order valence-electron chi connectivity index (χ4n) is 2.78. The van der Waals surface area contributed by atoms with Crippen LogP contribution in [0, 0.1) is 0 Å². The van der Waals surface area contributed by atoms with E-state index in [4.69, 9.17) is 4.74 Å². The van der Waals surface area contributed by atoms with Gasteiger partial charge in [0.25, 0.3) is 0 Å². The molecule has 0 atom stereocenters. The van der Waals surface area contributed by atoms with E-state index in [9.17, 15) is 13.2 Å².